The molecule has 3 heterocycles. The predicted octanol–water partition coefficient (Wildman–Crippen LogP) is 1.89. The summed E-state index contributed by atoms with van der Waals surface area (Å²) in [6.45, 7) is 8.03. The van der Waals surface area contributed by atoms with E-state index in [9.17, 15) is 9.90 Å². The van der Waals surface area contributed by atoms with E-state index in [0.29, 0.717) is 18.0 Å². The van der Waals surface area contributed by atoms with Crippen molar-refractivity contribution >= 4 is 17.2 Å². The maximum Gasteiger partial charge on any atom is 0.228 e. The van der Waals surface area contributed by atoms with Crippen LogP contribution < -0.4 is 0 Å². The lowest BCUT2D eigenvalue weighted by Gasteiger charge is -2.31. The molecule has 3 rings (SSSR count). The number of thiazole rings is 1. The standard InChI is InChI=1S/C17H25N5O2S/c1-11(23)16-10-22(20-19-16)9-14-4-6-21(7-5-14)17(24)8-15-12(2)25-13(3)18-15/h10-11,14,23H,4-9H2,1-3H3/t11-/m1/s1. The van der Waals surface area contributed by atoms with E-state index in [-0.39, 0.29) is 5.91 Å². The highest BCUT2D eigenvalue weighted by atomic mass is 32.1. The van der Waals surface area contributed by atoms with Crippen molar-refractivity contribution in [2.75, 3.05) is 13.1 Å². The zero-order valence-electron chi connectivity index (χ0n) is 15.0. The van der Waals surface area contributed by atoms with Crippen molar-refractivity contribution in [3.05, 3.63) is 27.5 Å². The lowest BCUT2D eigenvalue weighted by molar-refractivity contribution is -0.132. The van der Waals surface area contributed by atoms with Gasteiger partial charge in [-0.15, -0.1) is 16.4 Å². The van der Waals surface area contributed by atoms with Crippen LogP contribution >= 0.6 is 11.3 Å². The average molecular weight is 363 g/mol. The Morgan fingerprint density at radius 1 is 1.40 bits per heavy atom. The van der Waals surface area contributed by atoms with Gasteiger partial charge < -0.3 is 10.0 Å². The summed E-state index contributed by atoms with van der Waals surface area (Å²) in [7, 11) is 0. The van der Waals surface area contributed by atoms with Crippen molar-refractivity contribution in [3.8, 4) is 0 Å². The van der Waals surface area contributed by atoms with Crippen LogP contribution in [0.15, 0.2) is 6.20 Å². The number of piperidine rings is 1. The number of aliphatic hydroxyl groups excluding tert-OH is 1. The molecule has 2 aromatic rings. The van der Waals surface area contributed by atoms with E-state index in [0.717, 1.165) is 48.1 Å². The van der Waals surface area contributed by atoms with Crippen molar-refractivity contribution in [2.45, 2.75) is 52.7 Å². The summed E-state index contributed by atoms with van der Waals surface area (Å²) in [6.07, 6.45) is 3.54. The van der Waals surface area contributed by atoms with E-state index in [1.165, 1.54) is 0 Å². The van der Waals surface area contributed by atoms with Crippen LogP contribution in [0.5, 0.6) is 0 Å². The SMILES string of the molecule is Cc1nc(CC(=O)N2CCC(Cn3cc([C@@H](C)O)nn3)CC2)c(C)s1. The highest BCUT2D eigenvalue weighted by Crippen LogP contribution is 2.22. The molecule has 1 amide bonds. The molecule has 7 nitrogen and oxygen atoms in total. The van der Waals surface area contributed by atoms with Crippen LogP contribution in [0.25, 0.3) is 0 Å². The molecule has 1 saturated heterocycles. The van der Waals surface area contributed by atoms with Gasteiger partial charge in [-0.1, -0.05) is 5.21 Å². The summed E-state index contributed by atoms with van der Waals surface area (Å²) < 4.78 is 1.80. The molecule has 2 aromatic heterocycles. The summed E-state index contributed by atoms with van der Waals surface area (Å²) >= 11 is 1.65. The van der Waals surface area contributed by atoms with Crippen LogP contribution in [-0.4, -0.2) is 49.0 Å². The quantitative estimate of drug-likeness (QED) is 0.877. The number of aromatic nitrogens is 4. The second-order valence-corrected chi connectivity index (χ2v) is 8.19. The fraction of sp³-hybridized carbons (Fsp3) is 0.647. The van der Waals surface area contributed by atoms with Crippen LogP contribution in [-0.2, 0) is 17.8 Å². The third-order valence-electron chi connectivity index (χ3n) is 4.72. The number of rotatable bonds is 5. The van der Waals surface area contributed by atoms with Crippen LogP contribution in [0, 0.1) is 19.8 Å². The number of nitrogens with zero attached hydrogens (tertiary/aromatic N) is 5. The molecule has 1 aliphatic heterocycles. The van der Waals surface area contributed by atoms with Crippen molar-refractivity contribution in [1.82, 2.24) is 24.9 Å². The monoisotopic (exact) mass is 363 g/mol. The van der Waals surface area contributed by atoms with E-state index in [1.54, 1.807) is 29.1 Å². The molecule has 136 valence electrons. The zero-order chi connectivity index (χ0) is 18.0. The van der Waals surface area contributed by atoms with Crippen LogP contribution in [0.3, 0.4) is 0 Å². The Bertz CT molecular complexity index is 731. The zero-order valence-corrected chi connectivity index (χ0v) is 15.8. The van der Waals surface area contributed by atoms with Gasteiger partial charge in [-0.05, 0) is 39.5 Å². The minimum absolute atomic E-state index is 0.170. The van der Waals surface area contributed by atoms with Gasteiger partial charge in [0.15, 0.2) is 0 Å². The Labute approximate surface area is 151 Å². The minimum atomic E-state index is -0.592. The highest BCUT2D eigenvalue weighted by molar-refractivity contribution is 7.11. The summed E-state index contributed by atoms with van der Waals surface area (Å²) in [4.78, 5) is 20.1. The van der Waals surface area contributed by atoms with Crippen LogP contribution in [0.4, 0.5) is 0 Å². The Kier molecular flexibility index (Phi) is 5.48. The molecule has 0 radical (unpaired) electrons. The van der Waals surface area contributed by atoms with E-state index in [4.69, 9.17) is 0 Å². The molecule has 1 atom stereocenters. The molecule has 0 unspecified atom stereocenters. The Hall–Kier alpha value is -1.80. The van der Waals surface area contributed by atoms with Gasteiger partial charge in [-0.2, -0.15) is 0 Å². The highest BCUT2D eigenvalue weighted by Gasteiger charge is 2.24. The number of aryl methyl sites for hydroxylation is 2. The molecule has 0 aromatic carbocycles. The van der Waals surface area contributed by atoms with Crippen molar-refractivity contribution in [1.29, 1.82) is 0 Å². The second kappa shape index (κ2) is 7.61. The van der Waals surface area contributed by atoms with E-state index < -0.39 is 6.10 Å². The van der Waals surface area contributed by atoms with Gasteiger partial charge in [0.1, 0.15) is 5.69 Å². The third-order valence-corrected chi connectivity index (χ3v) is 5.64. The fourth-order valence-corrected chi connectivity index (χ4v) is 4.05. The summed E-state index contributed by atoms with van der Waals surface area (Å²) in [6, 6.07) is 0. The topological polar surface area (TPSA) is 84.1 Å². The van der Waals surface area contributed by atoms with E-state index in [1.807, 2.05) is 18.7 Å². The first-order valence-electron chi connectivity index (χ1n) is 8.71. The Balaban J connectivity index is 1.49. The van der Waals surface area contributed by atoms with Crippen molar-refractivity contribution < 1.29 is 9.90 Å². The number of hydrogen-bond acceptors (Lipinski definition) is 6. The maximum absolute atomic E-state index is 12.5. The maximum atomic E-state index is 12.5. The van der Waals surface area contributed by atoms with Gasteiger partial charge in [-0.3, -0.25) is 9.48 Å². The first-order valence-corrected chi connectivity index (χ1v) is 9.52. The molecule has 0 aliphatic carbocycles. The predicted molar refractivity (Wildman–Crippen MR) is 95.3 cm³/mol. The largest absolute Gasteiger partial charge is 0.387 e. The fourth-order valence-electron chi connectivity index (χ4n) is 3.21. The normalized spacial score (nSPS) is 17.0. The van der Waals surface area contributed by atoms with Gasteiger partial charge in [0, 0.05) is 24.5 Å². The molecular formula is C17H25N5O2S. The molecule has 0 spiro atoms. The molecule has 1 N–H and O–H groups in total. The van der Waals surface area contributed by atoms with Crippen molar-refractivity contribution in [3.63, 3.8) is 0 Å². The van der Waals surface area contributed by atoms with Crippen molar-refractivity contribution in [2.24, 2.45) is 5.92 Å². The Morgan fingerprint density at radius 3 is 2.68 bits per heavy atom. The van der Waals surface area contributed by atoms with Gasteiger partial charge in [0.25, 0.3) is 0 Å². The molecule has 8 heteroatoms. The number of likely N-dealkylation sites (tertiary alicyclic amines) is 1. The lowest BCUT2D eigenvalue weighted by atomic mass is 9.96. The van der Waals surface area contributed by atoms with Gasteiger partial charge in [0.2, 0.25) is 5.91 Å². The molecule has 1 aliphatic rings. The van der Waals surface area contributed by atoms with Gasteiger partial charge >= 0.3 is 0 Å². The molecule has 0 saturated carbocycles. The molecule has 25 heavy (non-hydrogen) atoms. The molecule has 1 fully saturated rings. The Morgan fingerprint density at radius 2 is 2.12 bits per heavy atom. The number of amides is 1. The minimum Gasteiger partial charge on any atom is -0.387 e. The number of hydrogen-bond donors (Lipinski definition) is 1. The summed E-state index contributed by atoms with van der Waals surface area (Å²) in [5.74, 6) is 0.653. The number of aliphatic hydroxyl groups is 1. The first kappa shape index (κ1) is 18.0. The van der Waals surface area contributed by atoms with E-state index >= 15 is 0 Å². The number of carbonyl (C=O) groups is 1. The third kappa shape index (κ3) is 4.43. The molecular weight excluding hydrogens is 338 g/mol. The average Bonchev–Trinajstić information content (AvgIpc) is 3.15. The molecule has 0 bridgehead atoms. The summed E-state index contributed by atoms with van der Waals surface area (Å²) in [5.41, 5.74) is 1.52. The number of carbonyl (C=O) groups excluding carboxylic acids is 1. The second-order valence-electron chi connectivity index (χ2n) is 6.78. The van der Waals surface area contributed by atoms with Crippen LogP contribution in [0.1, 0.15) is 47.1 Å². The smallest absolute Gasteiger partial charge is 0.228 e. The van der Waals surface area contributed by atoms with Crippen LogP contribution in [0.2, 0.25) is 0 Å². The van der Waals surface area contributed by atoms with Gasteiger partial charge in [-0.25, -0.2) is 4.98 Å². The summed E-state index contributed by atoms with van der Waals surface area (Å²) in [5, 5.41) is 18.6. The van der Waals surface area contributed by atoms with E-state index in [2.05, 4.69) is 15.3 Å². The van der Waals surface area contributed by atoms with Gasteiger partial charge in [0.05, 0.1) is 29.4 Å². The first-order chi connectivity index (χ1) is 11.9. The lowest BCUT2D eigenvalue weighted by Crippen LogP contribution is -2.40.